The van der Waals surface area contributed by atoms with Crippen molar-refractivity contribution in [1.29, 1.82) is 0 Å². The van der Waals surface area contributed by atoms with Crippen LogP contribution in [0.5, 0.6) is 0 Å². The molecular formula is C17H26N2O4. The molecule has 0 spiro atoms. The van der Waals surface area contributed by atoms with E-state index in [9.17, 15) is 9.59 Å². The van der Waals surface area contributed by atoms with Gasteiger partial charge in [0.05, 0.1) is 6.26 Å². The molecule has 2 rings (SSSR count). The highest BCUT2D eigenvalue weighted by Crippen LogP contribution is 2.13. The highest BCUT2D eigenvalue weighted by molar-refractivity contribution is 5.76. The summed E-state index contributed by atoms with van der Waals surface area (Å²) in [6, 6.07) is 3.70. The minimum Gasteiger partial charge on any atom is -0.469 e. The Hall–Kier alpha value is -1.98. The molecule has 1 aromatic heterocycles. The first-order valence-corrected chi connectivity index (χ1v) is 8.13. The maximum atomic E-state index is 12.3. The van der Waals surface area contributed by atoms with Crippen LogP contribution in [0.4, 0.5) is 4.79 Å². The molecule has 128 valence electrons. The van der Waals surface area contributed by atoms with Gasteiger partial charge in [0, 0.05) is 39.0 Å². The number of hydrogen-bond acceptors (Lipinski definition) is 4. The van der Waals surface area contributed by atoms with Crippen LogP contribution in [0.1, 0.15) is 39.4 Å². The zero-order valence-corrected chi connectivity index (χ0v) is 14.2. The van der Waals surface area contributed by atoms with E-state index in [1.165, 1.54) is 0 Å². The van der Waals surface area contributed by atoms with Gasteiger partial charge in [0.1, 0.15) is 11.4 Å². The maximum absolute atomic E-state index is 12.3. The van der Waals surface area contributed by atoms with Gasteiger partial charge in [-0.1, -0.05) is 0 Å². The Bertz CT molecular complexity index is 519. The number of furan rings is 1. The summed E-state index contributed by atoms with van der Waals surface area (Å²) < 4.78 is 10.6. The van der Waals surface area contributed by atoms with E-state index in [4.69, 9.17) is 9.15 Å². The third-order valence-corrected chi connectivity index (χ3v) is 3.67. The molecule has 0 unspecified atom stereocenters. The molecule has 1 fully saturated rings. The summed E-state index contributed by atoms with van der Waals surface area (Å²) in [5.41, 5.74) is -0.498. The molecule has 1 aliphatic heterocycles. The smallest absolute Gasteiger partial charge is 0.410 e. The first kappa shape index (κ1) is 17.4. The van der Waals surface area contributed by atoms with Crippen LogP contribution in [0.2, 0.25) is 0 Å². The lowest BCUT2D eigenvalue weighted by Crippen LogP contribution is -2.40. The number of amides is 2. The second kappa shape index (κ2) is 7.53. The Balaban J connectivity index is 1.80. The molecule has 2 amide bonds. The number of rotatable bonds is 3. The molecule has 23 heavy (non-hydrogen) atoms. The van der Waals surface area contributed by atoms with E-state index in [0.29, 0.717) is 39.0 Å². The van der Waals surface area contributed by atoms with Crippen molar-refractivity contribution in [2.75, 3.05) is 26.2 Å². The zero-order chi connectivity index (χ0) is 16.9. The number of carbonyl (C=O) groups is 2. The number of carbonyl (C=O) groups excluding carboxylic acids is 2. The van der Waals surface area contributed by atoms with Crippen LogP contribution in [-0.2, 0) is 16.0 Å². The third kappa shape index (κ3) is 5.62. The molecule has 0 radical (unpaired) electrons. The van der Waals surface area contributed by atoms with Crippen LogP contribution in [0, 0.1) is 0 Å². The maximum Gasteiger partial charge on any atom is 0.410 e. The monoisotopic (exact) mass is 322 g/mol. The Morgan fingerprint density at radius 3 is 2.52 bits per heavy atom. The van der Waals surface area contributed by atoms with Gasteiger partial charge >= 0.3 is 6.09 Å². The van der Waals surface area contributed by atoms with Gasteiger partial charge in [-0.2, -0.15) is 0 Å². The minimum absolute atomic E-state index is 0.104. The lowest BCUT2D eigenvalue weighted by Gasteiger charge is -2.26. The molecule has 0 aliphatic carbocycles. The van der Waals surface area contributed by atoms with E-state index in [1.807, 2.05) is 37.8 Å². The summed E-state index contributed by atoms with van der Waals surface area (Å²) in [5, 5.41) is 0. The van der Waals surface area contributed by atoms with E-state index in [2.05, 4.69) is 0 Å². The predicted octanol–water partition coefficient (Wildman–Crippen LogP) is 2.68. The van der Waals surface area contributed by atoms with Gasteiger partial charge in [-0.05, 0) is 39.3 Å². The van der Waals surface area contributed by atoms with Crippen LogP contribution >= 0.6 is 0 Å². The van der Waals surface area contributed by atoms with Gasteiger partial charge in [-0.3, -0.25) is 4.79 Å². The second-order valence-electron chi connectivity index (χ2n) is 6.78. The molecule has 0 atom stereocenters. The highest BCUT2D eigenvalue weighted by atomic mass is 16.6. The number of nitrogens with zero attached hydrogens (tertiary/aromatic N) is 2. The zero-order valence-electron chi connectivity index (χ0n) is 14.2. The molecule has 1 saturated heterocycles. The van der Waals surface area contributed by atoms with Gasteiger partial charge in [0.25, 0.3) is 0 Å². The first-order valence-electron chi connectivity index (χ1n) is 8.13. The van der Waals surface area contributed by atoms with Crippen molar-refractivity contribution in [3.63, 3.8) is 0 Å². The predicted molar refractivity (Wildman–Crippen MR) is 86.0 cm³/mol. The molecule has 6 heteroatoms. The normalized spacial score (nSPS) is 16.1. The van der Waals surface area contributed by atoms with Crippen molar-refractivity contribution >= 4 is 12.0 Å². The first-order chi connectivity index (χ1) is 10.8. The average Bonchev–Trinajstić information content (AvgIpc) is 2.85. The summed E-state index contributed by atoms with van der Waals surface area (Å²) in [4.78, 5) is 27.9. The fourth-order valence-corrected chi connectivity index (χ4v) is 2.52. The standard InChI is InChI=1S/C17H26N2O4/c1-17(2,3)23-16(21)19-10-5-9-18(11-12-19)15(20)8-7-14-6-4-13-22-14/h4,6,13H,5,7-12H2,1-3H3. The van der Waals surface area contributed by atoms with Crippen molar-refractivity contribution in [3.8, 4) is 0 Å². The lowest BCUT2D eigenvalue weighted by atomic mass is 10.2. The molecule has 2 heterocycles. The van der Waals surface area contributed by atoms with E-state index in [-0.39, 0.29) is 12.0 Å². The summed E-state index contributed by atoms with van der Waals surface area (Å²) in [6.45, 7) is 7.93. The van der Waals surface area contributed by atoms with Gasteiger partial charge in [0.2, 0.25) is 5.91 Å². The van der Waals surface area contributed by atoms with Crippen LogP contribution in [0.15, 0.2) is 22.8 Å². The second-order valence-corrected chi connectivity index (χ2v) is 6.78. The van der Waals surface area contributed by atoms with Crippen molar-refractivity contribution in [3.05, 3.63) is 24.2 Å². The van der Waals surface area contributed by atoms with Gasteiger partial charge in [0.15, 0.2) is 0 Å². The molecule has 6 nitrogen and oxygen atoms in total. The van der Waals surface area contributed by atoms with Gasteiger partial charge in [-0.15, -0.1) is 0 Å². The SMILES string of the molecule is CC(C)(C)OC(=O)N1CCCN(C(=O)CCc2ccco2)CC1. The molecule has 1 aliphatic rings. The Labute approximate surface area is 137 Å². The van der Waals surface area contributed by atoms with E-state index < -0.39 is 5.60 Å². The molecule has 0 N–H and O–H groups in total. The molecule has 1 aromatic rings. The number of ether oxygens (including phenoxy) is 1. The van der Waals surface area contributed by atoms with Crippen molar-refractivity contribution in [2.45, 2.75) is 45.6 Å². The largest absolute Gasteiger partial charge is 0.469 e. The quantitative estimate of drug-likeness (QED) is 0.858. The van der Waals surface area contributed by atoms with Crippen molar-refractivity contribution in [2.24, 2.45) is 0 Å². The Morgan fingerprint density at radius 1 is 1.17 bits per heavy atom. The molecule has 0 aromatic carbocycles. The van der Waals surface area contributed by atoms with Crippen LogP contribution in [0.25, 0.3) is 0 Å². The number of aryl methyl sites for hydroxylation is 1. The summed E-state index contributed by atoms with van der Waals surface area (Å²) in [5.74, 6) is 0.927. The highest BCUT2D eigenvalue weighted by Gasteiger charge is 2.25. The minimum atomic E-state index is -0.498. The third-order valence-electron chi connectivity index (χ3n) is 3.67. The number of hydrogen-bond donors (Lipinski definition) is 0. The topological polar surface area (TPSA) is 63.0 Å². The average molecular weight is 322 g/mol. The fraction of sp³-hybridized carbons (Fsp3) is 0.647. The fourth-order valence-electron chi connectivity index (χ4n) is 2.52. The van der Waals surface area contributed by atoms with Crippen LogP contribution < -0.4 is 0 Å². The van der Waals surface area contributed by atoms with Gasteiger partial charge in [-0.25, -0.2) is 4.79 Å². The van der Waals surface area contributed by atoms with E-state index >= 15 is 0 Å². The lowest BCUT2D eigenvalue weighted by molar-refractivity contribution is -0.131. The summed E-state index contributed by atoms with van der Waals surface area (Å²) in [6.07, 6.45) is 3.12. The Kier molecular flexibility index (Phi) is 5.69. The summed E-state index contributed by atoms with van der Waals surface area (Å²) >= 11 is 0. The van der Waals surface area contributed by atoms with E-state index in [0.717, 1.165) is 12.2 Å². The van der Waals surface area contributed by atoms with Gasteiger partial charge < -0.3 is 19.0 Å². The van der Waals surface area contributed by atoms with Crippen molar-refractivity contribution < 1.29 is 18.7 Å². The molecular weight excluding hydrogens is 296 g/mol. The summed E-state index contributed by atoms with van der Waals surface area (Å²) in [7, 11) is 0. The van der Waals surface area contributed by atoms with E-state index in [1.54, 1.807) is 11.2 Å². The molecule has 0 bridgehead atoms. The molecule has 0 saturated carbocycles. The van der Waals surface area contributed by atoms with Crippen molar-refractivity contribution in [1.82, 2.24) is 9.80 Å². The van der Waals surface area contributed by atoms with Crippen LogP contribution in [0.3, 0.4) is 0 Å². The Morgan fingerprint density at radius 2 is 1.87 bits per heavy atom. The van der Waals surface area contributed by atoms with Crippen LogP contribution in [-0.4, -0.2) is 53.6 Å².